The van der Waals surface area contributed by atoms with E-state index in [1.54, 1.807) is 49.1 Å². The van der Waals surface area contributed by atoms with Gasteiger partial charge in [-0.15, -0.1) is 65.7 Å². The van der Waals surface area contributed by atoms with E-state index < -0.39 is 9.84 Å². The van der Waals surface area contributed by atoms with Crippen LogP contribution in [-0.4, -0.2) is 23.4 Å². The first-order chi connectivity index (χ1) is 17.1. The number of nitrogens with zero attached hydrogens (tertiary/aromatic N) is 3. The van der Waals surface area contributed by atoms with Gasteiger partial charge in [-0.1, -0.05) is 12.1 Å². The monoisotopic (exact) mass is 664 g/mol. The standard InChI is InChI=1S/C18H9N2O2S.C11H8N.Ir/c21-23(22)15-4-2-1-3-14(15)18-17-13(6-8-20-18)12-5-7-19-10-11(12)9-16(17)23;1-2-6-10(7-3-1)11-8-4-5-9-12-11;/h1-2,4-10H;1-6,8-9H;/q2*-1;. The van der Waals surface area contributed by atoms with Crippen LogP contribution in [0.25, 0.3) is 44.1 Å². The van der Waals surface area contributed by atoms with Gasteiger partial charge in [-0.2, -0.15) is 0 Å². The second-order valence-electron chi connectivity index (χ2n) is 7.96. The van der Waals surface area contributed by atoms with E-state index in [1.165, 1.54) is 0 Å². The van der Waals surface area contributed by atoms with Gasteiger partial charge in [-0.05, 0) is 56.7 Å². The van der Waals surface area contributed by atoms with Crippen molar-refractivity contribution in [3.8, 4) is 22.5 Å². The molecule has 4 heterocycles. The minimum absolute atomic E-state index is 0. The van der Waals surface area contributed by atoms with E-state index >= 15 is 0 Å². The quantitative estimate of drug-likeness (QED) is 0.161. The van der Waals surface area contributed by atoms with Crippen LogP contribution in [0.3, 0.4) is 0 Å². The molecule has 7 heteroatoms. The number of aromatic nitrogens is 3. The fraction of sp³-hybridized carbons (Fsp3) is 0. The third-order valence-corrected chi connectivity index (χ3v) is 7.73. The molecule has 177 valence electrons. The van der Waals surface area contributed by atoms with Crippen molar-refractivity contribution in [1.29, 1.82) is 0 Å². The molecule has 0 saturated carbocycles. The van der Waals surface area contributed by atoms with Gasteiger partial charge in [-0.25, -0.2) is 8.42 Å². The molecule has 0 saturated heterocycles. The number of hydrogen-bond donors (Lipinski definition) is 0. The smallest absolute Gasteiger partial charge is 0.172 e. The van der Waals surface area contributed by atoms with Crippen molar-refractivity contribution in [1.82, 2.24) is 15.0 Å². The molecule has 36 heavy (non-hydrogen) atoms. The Kier molecular flexibility index (Phi) is 6.46. The molecule has 0 amide bonds. The number of benzene rings is 3. The third kappa shape index (κ3) is 4.01. The molecule has 7 rings (SSSR count). The first kappa shape index (κ1) is 23.9. The minimum Gasteiger partial charge on any atom is -0.305 e. The van der Waals surface area contributed by atoms with Crippen LogP contribution in [0.2, 0.25) is 0 Å². The van der Waals surface area contributed by atoms with Crippen molar-refractivity contribution >= 4 is 31.4 Å². The van der Waals surface area contributed by atoms with E-state index in [-0.39, 0.29) is 25.0 Å². The SMILES string of the molecule is O=S1(=O)c2ccc[c-]c2-c2nccc3c2c1cc1cnccc13.[Ir].[c-]1ccccc1-c1ccccn1. The predicted molar refractivity (Wildman–Crippen MR) is 135 cm³/mol. The van der Waals surface area contributed by atoms with Gasteiger partial charge >= 0.3 is 0 Å². The van der Waals surface area contributed by atoms with Gasteiger partial charge in [0.05, 0.1) is 4.90 Å². The van der Waals surface area contributed by atoms with Gasteiger partial charge < -0.3 is 9.97 Å². The van der Waals surface area contributed by atoms with E-state index in [9.17, 15) is 8.42 Å². The summed E-state index contributed by atoms with van der Waals surface area (Å²) >= 11 is 0. The summed E-state index contributed by atoms with van der Waals surface area (Å²) in [6, 6.07) is 30.3. The van der Waals surface area contributed by atoms with Crippen molar-refractivity contribution in [2.75, 3.05) is 0 Å². The molecule has 3 aromatic carbocycles. The van der Waals surface area contributed by atoms with Crippen molar-refractivity contribution in [3.63, 3.8) is 0 Å². The van der Waals surface area contributed by atoms with Gasteiger partial charge in [0.1, 0.15) is 0 Å². The van der Waals surface area contributed by atoms with Gasteiger partial charge in [-0.3, -0.25) is 4.98 Å². The van der Waals surface area contributed by atoms with Crippen molar-refractivity contribution in [2.24, 2.45) is 0 Å². The number of sulfone groups is 1. The summed E-state index contributed by atoms with van der Waals surface area (Å²) in [7, 11) is -3.60. The molecular weight excluding hydrogens is 647 g/mol. The van der Waals surface area contributed by atoms with Crippen LogP contribution < -0.4 is 0 Å². The molecule has 0 atom stereocenters. The predicted octanol–water partition coefficient (Wildman–Crippen LogP) is 5.94. The zero-order chi connectivity index (χ0) is 23.8. The van der Waals surface area contributed by atoms with E-state index in [0.717, 1.165) is 27.4 Å². The molecule has 0 N–H and O–H groups in total. The Labute approximate surface area is 222 Å². The second kappa shape index (κ2) is 9.70. The number of pyridine rings is 3. The molecule has 1 aliphatic rings. The van der Waals surface area contributed by atoms with Gasteiger partial charge in [0.25, 0.3) is 0 Å². The maximum atomic E-state index is 13.1. The molecule has 0 spiro atoms. The Hall–Kier alpha value is -3.77. The van der Waals surface area contributed by atoms with Crippen LogP contribution in [0.1, 0.15) is 0 Å². The summed E-state index contributed by atoms with van der Waals surface area (Å²) in [5.74, 6) is 0. The number of rotatable bonds is 1. The fourth-order valence-corrected chi connectivity index (χ4v) is 6.02. The summed E-state index contributed by atoms with van der Waals surface area (Å²) in [6.07, 6.45) is 6.90. The summed E-state index contributed by atoms with van der Waals surface area (Å²) in [5, 5.41) is 3.31. The molecule has 0 unspecified atom stereocenters. The average Bonchev–Trinajstić information content (AvgIpc) is 2.93. The second-order valence-corrected chi connectivity index (χ2v) is 9.84. The largest absolute Gasteiger partial charge is 0.305 e. The summed E-state index contributed by atoms with van der Waals surface area (Å²) in [5.41, 5.74) is 3.22. The minimum atomic E-state index is -3.60. The van der Waals surface area contributed by atoms with E-state index in [1.807, 2.05) is 54.6 Å². The molecule has 6 aromatic rings. The van der Waals surface area contributed by atoms with Crippen LogP contribution in [0.5, 0.6) is 0 Å². The van der Waals surface area contributed by atoms with E-state index in [0.29, 0.717) is 21.5 Å². The normalized spacial score (nSPS) is 12.7. The van der Waals surface area contributed by atoms with Crippen LogP contribution in [0.4, 0.5) is 0 Å². The van der Waals surface area contributed by atoms with Crippen LogP contribution in [0.15, 0.2) is 113 Å². The molecule has 0 fully saturated rings. The average molecular weight is 664 g/mol. The first-order valence-corrected chi connectivity index (χ1v) is 12.4. The van der Waals surface area contributed by atoms with Crippen molar-refractivity contribution in [3.05, 3.63) is 116 Å². The van der Waals surface area contributed by atoms with Crippen molar-refractivity contribution in [2.45, 2.75) is 9.79 Å². The topological polar surface area (TPSA) is 72.8 Å². The van der Waals surface area contributed by atoms with Gasteiger partial charge in [0, 0.05) is 50.3 Å². The van der Waals surface area contributed by atoms with Crippen LogP contribution >= 0.6 is 0 Å². The zero-order valence-electron chi connectivity index (χ0n) is 18.7. The van der Waals surface area contributed by atoms with Gasteiger partial charge in [0.15, 0.2) is 9.84 Å². The zero-order valence-corrected chi connectivity index (χ0v) is 21.9. The Bertz CT molecular complexity index is 1770. The van der Waals surface area contributed by atoms with E-state index in [2.05, 4.69) is 27.1 Å². The molecule has 0 aliphatic carbocycles. The fourth-order valence-electron chi connectivity index (χ4n) is 4.34. The van der Waals surface area contributed by atoms with Crippen LogP contribution in [0, 0.1) is 12.1 Å². The Morgan fingerprint density at radius 2 is 1.56 bits per heavy atom. The summed E-state index contributed by atoms with van der Waals surface area (Å²) < 4.78 is 26.1. The maximum Gasteiger partial charge on any atom is 0.172 e. The Morgan fingerprint density at radius 1 is 0.722 bits per heavy atom. The third-order valence-electron chi connectivity index (χ3n) is 5.91. The molecule has 0 bridgehead atoms. The molecule has 1 aliphatic heterocycles. The molecular formula is C29H17IrN3O2S-2. The van der Waals surface area contributed by atoms with Gasteiger partial charge in [0.2, 0.25) is 0 Å². The number of hydrogen-bond acceptors (Lipinski definition) is 5. The molecule has 3 aromatic heterocycles. The Balaban J connectivity index is 0.000000175. The number of fused-ring (bicyclic) bond motifs is 4. The first-order valence-electron chi connectivity index (χ1n) is 10.9. The van der Waals surface area contributed by atoms with E-state index in [4.69, 9.17) is 0 Å². The maximum absolute atomic E-state index is 13.1. The summed E-state index contributed by atoms with van der Waals surface area (Å²) in [6.45, 7) is 0. The van der Waals surface area contributed by atoms with Crippen LogP contribution in [-0.2, 0) is 29.9 Å². The Morgan fingerprint density at radius 3 is 2.36 bits per heavy atom. The molecule has 5 nitrogen and oxygen atoms in total. The summed E-state index contributed by atoms with van der Waals surface area (Å²) in [4.78, 5) is 13.3. The van der Waals surface area contributed by atoms with Crippen molar-refractivity contribution < 1.29 is 28.5 Å². The molecule has 1 radical (unpaired) electrons.